The van der Waals surface area contributed by atoms with E-state index >= 15 is 0 Å². The topological polar surface area (TPSA) is 29.1 Å². The first kappa shape index (κ1) is 17.4. The van der Waals surface area contributed by atoms with Crippen molar-refractivity contribution < 1.29 is 9.18 Å². The number of halogens is 3. The van der Waals surface area contributed by atoms with Gasteiger partial charge in [-0.05, 0) is 12.3 Å². The molecule has 92 valence electrons. The van der Waals surface area contributed by atoms with Gasteiger partial charge in [0.1, 0.15) is 0 Å². The first-order valence-corrected chi connectivity index (χ1v) is 5.68. The van der Waals surface area contributed by atoms with Crippen LogP contribution < -0.4 is 5.32 Å². The molecular weight excluding hydrogens is 240 g/mol. The Balaban J connectivity index is 0. The van der Waals surface area contributed by atoms with Crippen LogP contribution in [0.15, 0.2) is 0 Å². The van der Waals surface area contributed by atoms with E-state index in [-0.39, 0.29) is 11.5 Å². The second-order valence-corrected chi connectivity index (χ2v) is 5.29. The predicted octanol–water partition coefficient (Wildman–Crippen LogP) is 3.66. The number of alkyl halides is 3. The van der Waals surface area contributed by atoms with Crippen molar-refractivity contribution in [3.63, 3.8) is 0 Å². The van der Waals surface area contributed by atoms with Gasteiger partial charge < -0.3 is 5.32 Å². The molecule has 0 aliphatic carbocycles. The Kier molecular flexibility index (Phi) is 7.57. The highest BCUT2D eigenvalue weighted by molar-refractivity contribution is 6.56. The zero-order valence-corrected chi connectivity index (χ0v) is 11.6. The van der Waals surface area contributed by atoms with Crippen LogP contribution in [0.1, 0.15) is 41.5 Å². The lowest BCUT2D eigenvalue weighted by atomic mass is 9.88. The lowest BCUT2D eigenvalue weighted by molar-refractivity contribution is -0.126. The van der Waals surface area contributed by atoms with Gasteiger partial charge in [0.05, 0.1) is 0 Å². The standard InChI is InChI=1S/C8H14Cl2FNO.C2H6/c1-5(7(2,3)4)12-6(13)8(9,10)11;1-2/h5H,1-4H3,(H,12,13);1-2H3. The monoisotopic (exact) mass is 259 g/mol. The van der Waals surface area contributed by atoms with E-state index in [0.29, 0.717) is 0 Å². The first-order valence-electron chi connectivity index (χ1n) is 4.93. The summed E-state index contributed by atoms with van der Waals surface area (Å²) in [5.74, 6) is -1.02. The van der Waals surface area contributed by atoms with Gasteiger partial charge in [0.2, 0.25) is 0 Å². The van der Waals surface area contributed by atoms with Crippen molar-refractivity contribution in [3.8, 4) is 0 Å². The van der Waals surface area contributed by atoms with Gasteiger partial charge in [-0.15, -0.1) is 0 Å². The SMILES string of the molecule is CC.CC(NC(=O)C(F)(Cl)Cl)C(C)(C)C. The number of carbonyl (C=O) groups is 1. The van der Waals surface area contributed by atoms with E-state index in [0.717, 1.165) is 0 Å². The van der Waals surface area contributed by atoms with Gasteiger partial charge in [-0.1, -0.05) is 57.8 Å². The summed E-state index contributed by atoms with van der Waals surface area (Å²) >= 11 is 9.93. The van der Waals surface area contributed by atoms with E-state index in [4.69, 9.17) is 23.2 Å². The van der Waals surface area contributed by atoms with Gasteiger partial charge in [0.25, 0.3) is 5.91 Å². The van der Waals surface area contributed by atoms with Gasteiger partial charge in [-0.2, -0.15) is 4.39 Å². The van der Waals surface area contributed by atoms with Crippen LogP contribution in [0.25, 0.3) is 0 Å². The molecule has 0 aromatic carbocycles. The minimum absolute atomic E-state index is 0.158. The molecule has 2 nitrogen and oxygen atoms in total. The Labute approximate surface area is 102 Å². The maximum atomic E-state index is 12.6. The van der Waals surface area contributed by atoms with Crippen LogP contribution in [0.5, 0.6) is 0 Å². The fourth-order valence-electron chi connectivity index (χ4n) is 0.495. The number of rotatable bonds is 2. The molecule has 1 unspecified atom stereocenters. The molecule has 0 heterocycles. The number of hydrogen-bond donors (Lipinski definition) is 1. The Morgan fingerprint density at radius 2 is 1.60 bits per heavy atom. The van der Waals surface area contributed by atoms with Gasteiger partial charge in [-0.25, -0.2) is 0 Å². The third kappa shape index (κ3) is 7.86. The molecule has 1 N–H and O–H groups in total. The van der Waals surface area contributed by atoms with Crippen LogP contribution in [-0.4, -0.2) is 16.5 Å². The maximum absolute atomic E-state index is 12.6. The van der Waals surface area contributed by atoms with Crippen molar-refractivity contribution in [1.82, 2.24) is 5.32 Å². The van der Waals surface area contributed by atoms with Crippen molar-refractivity contribution in [2.75, 3.05) is 0 Å². The minimum atomic E-state index is -2.85. The Morgan fingerprint density at radius 3 is 1.80 bits per heavy atom. The van der Waals surface area contributed by atoms with Gasteiger partial charge in [0, 0.05) is 6.04 Å². The van der Waals surface area contributed by atoms with Crippen LogP contribution in [0.4, 0.5) is 4.39 Å². The molecular formula is C10H20Cl2FNO. The zero-order valence-electron chi connectivity index (χ0n) is 10.1. The molecule has 1 atom stereocenters. The average molecular weight is 260 g/mol. The summed E-state index contributed by atoms with van der Waals surface area (Å²) in [4.78, 5) is 11.0. The fraction of sp³-hybridized carbons (Fsp3) is 0.900. The summed E-state index contributed by atoms with van der Waals surface area (Å²) in [6.07, 6.45) is 0. The molecule has 0 aromatic rings. The second-order valence-electron chi connectivity index (χ2n) is 4.06. The van der Waals surface area contributed by atoms with E-state index in [1.54, 1.807) is 6.92 Å². The van der Waals surface area contributed by atoms with E-state index in [1.807, 2.05) is 34.6 Å². The molecule has 0 aromatic heterocycles. The molecule has 0 bridgehead atoms. The maximum Gasteiger partial charge on any atom is 0.335 e. The predicted molar refractivity (Wildman–Crippen MR) is 64.0 cm³/mol. The number of carbonyl (C=O) groups excluding carboxylic acids is 1. The zero-order chi connectivity index (χ0) is 12.9. The smallest absolute Gasteiger partial charge is 0.335 e. The fourth-order valence-corrected chi connectivity index (χ4v) is 0.604. The molecule has 0 aliphatic rings. The first-order chi connectivity index (χ1) is 6.55. The van der Waals surface area contributed by atoms with Gasteiger partial charge >= 0.3 is 4.59 Å². The molecule has 5 heteroatoms. The van der Waals surface area contributed by atoms with Crippen molar-refractivity contribution in [3.05, 3.63) is 0 Å². The van der Waals surface area contributed by atoms with Crippen LogP contribution >= 0.6 is 23.2 Å². The third-order valence-electron chi connectivity index (χ3n) is 1.90. The lowest BCUT2D eigenvalue weighted by Crippen LogP contribution is -2.46. The summed E-state index contributed by atoms with van der Waals surface area (Å²) in [6, 6.07) is -0.201. The minimum Gasteiger partial charge on any atom is -0.348 e. The summed E-state index contributed by atoms with van der Waals surface area (Å²) < 4.78 is 9.80. The van der Waals surface area contributed by atoms with Crippen LogP contribution in [-0.2, 0) is 4.79 Å². The summed E-state index contributed by atoms with van der Waals surface area (Å²) in [6.45, 7) is 11.5. The summed E-state index contributed by atoms with van der Waals surface area (Å²) in [5, 5.41) is 2.38. The molecule has 15 heavy (non-hydrogen) atoms. The van der Waals surface area contributed by atoms with Gasteiger partial charge in [-0.3, -0.25) is 4.79 Å². The van der Waals surface area contributed by atoms with Crippen molar-refractivity contribution >= 4 is 29.1 Å². The molecule has 0 saturated heterocycles. The molecule has 0 saturated carbocycles. The van der Waals surface area contributed by atoms with E-state index in [2.05, 4.69) is 5.32 Å². The number of amides is 1. The van der Waals surface area contributed by atoms with Crippen molar-refractivity contribution in [2.24, 2.45) is 5.41 Å². The third-order valence-corrected chi connectivity index (χ3v) is 2.25. The molecule has 0 fully saturated rings. The van der Waals surface area contributed by atoms with E-state index < -0.39 is 10.5 Å². The highest BCUT2D eigenvalue weighted by Crippen LogP contribution is 2.25. The molecule has 1 amide bonds. The lowest BCUT2D eigenvalue weighted by Gasteiger charge is -2.28. The Morgan fingerprint density at radius 1 is 1.27 bits per heavy atom. The molecule has 0 aliphatic heterocycles. The van der Waals surface area contributed by atoms with Crippen LogP contribution in [0.3, 0.4) is 0 Å². The Bertz CT molecular complexity index is 197. The van der Waals surface area contributed by atoms with E-state index in [1.165, 1.54) is 0 Å². The highest BCUT2D eigenvalue weighted by Gasteiger charge is 2.35. The number of nitrogens with one attached hydrogen (secondary N) is 1. The van der Waals surface area contributed by atoms with Crippen LogP contribution in [0.2, 0.25) is 0 Å². The Hall–Kier alpha value is -0.0200. The largest absolute Gasteiger partial charge is 0.348 e. The second kappa shape index (κ2) is 6.54. The molecule has 0 radical (unpaired) electrons. The van der Waals surface area contributed by atoms with Crippen molar-refractivity contribution in [2.45, 2.75) is 52.2 Å². The van der Waals surface area contributed by atoms with Crippen LogP contribution in [0, 0.1) is 5.41 Å². The molecule has 0 rings (SSSR count). The van der Waals surface area contributed by atoms with E-state index in [9.17, 15) is 9.18 Å². The summed E-state index contributed by atoms with van der Waals surface area (Å²) in [5.41, 5.74) is -0.158. The van der Waals surface area contributed by atoms with Gasteiger partial charge in [0.15, 0.2) is 0 Å². The summed E-state index contributed by atoms with van der Waals surface area (Å²) in [7, 11) is 0. The van der Waals surface area contributed by atoms with Crippen molar-refractivity contribution in [1.29, 1.82) is 0 Å². The normalized spacial score (nSPS) is 13.7. The molecule has 0 spiro atoms. The highest BCUT2D eigenvalue weighted by atomic mass is 35.5. The quantitative estimate of drug-likeness (QED) is 0.754. The average Bonchev–Trinajstić information content (AvgIpc) is 2.04. The number of hydrogen-bond acceptors (Lipinski definition) is 1.